The van der Waals surface area contributed by atoms with Gasteiger partial charge >= 0.3 is 0 Å². The van der Waals surface area contributed by atoms with Crippen LogP contribution in [-0.2, 0) is 0 Å². The number of aromatic nitrogens is 1. The third-order valence-electron chi connectivity index (χ3n) is 4.97. The zero-order valence-electron chi connectivity index (χ0n) is 13.3. The normalized spacial score (nSPS) is 25.5. The number of hydrogen-bond donors (Lipinski definition) is 0. The van der Waals surface area contributed by atoms with Crippen LogP contribution in [0.3, 0.4) is 0 Å². The molecule has 0 N–H and O–H groups in total. The topological polar surface area (TPSA) is 42.4 Å². The zero-order chi connectivity index (χ0) is 16.5. The molecule has 1 aromatic carbocycles. The lowest BCUT2D eigenvalue weighted by Crippen LogP contribution is -2.49. The van der Waals surface area contributed by atoms with Gasteiger partial charge in [0.1, 0.15) is 11.9 Å². The highest BCUT2D eigenvalue weighted by molar-refractivity contribution is 6.33. The van der Waals surface area contributed by atoms with Crippen molar-refractivity contribution in [2.75, 3.05) is 0 Å². The summed E-state index contributed by atoms with van der Waals surface area (Å²) in [5.74, 6) is 0.848. The van der Waals surface area contributed by atoms with E-state index in [1.54, 1.807) is 18.5 Å². The zero-order valence-corrected chi connectivity index (χ0v) is 14.0. The summed E-state index contributed by atoms with van der Waals surface area (Å²) in [5, 5.41) is 0.524. The Labute approximate surface area is 146 Å². The Morgan fingerprint density at radius 3 is 2.54 bits per heavy atom. The highest BCUT2D eigenvalue weighted by Crippen LogP contribution is 2.38. The summed E-state index contributed by atoms with van der Waals surface area (Å²) in [4.78, 5) is 19.1. The summed E-state index contributed by atoms with van der Waals surface area (Å²) in [6.07, 6.45) is 7.41. The molecule has 0 radical (unpaired) electrons. The molecule has 4 nitrogen and oxygen atoms in total. The number of piperidine rings is 1. The summed E-state index contributed by atoms with van der Waals surface area (Å²) in [7, 11) is 0. The molecule has 2 aliphatic heterocycles. The Bertz CT molecular complexity index is 723. The number of fused-ring (bicyclic) bond motifs is 2. The standard InChI is InChI=1S/C19H19ClN2O2/c20-18-6-2-1-5-17(18)19(23)22-13-7-8-14(22)11-16(10-13)24-15-4-3-9-21-12-15/h1-6,9,12-14,16H,7-8,10-11H2. The van der Waals surface area contributed by atoms with Crippen LogP contribution in [0.25, 0.3) is 0 Å². The van der Waals surface area contributed by atoms with Gasteiger partial charge in [-0.1, -0.05) is 23.7 Å². The Balaban J connectivity index is 1.49. The predicted octanol–water partition coefficient (Wildman–Crippen LogP) is 3.95. The minimum absolute atomic E-state index is 0.0490. The van der Waals surface area contributed by atoms with Gasteiger partial charge in [-0.25, -0.2) is 0 Å². The maximum Gasteiger partial charge on any atom is 0.255 e. The number of halogens is 1. The summed E-state index contributed by atoms with van der Waals surface area (Å²) < 4.78 is 6.07. The SMILES string of the molecule is O=C(c1ccccc1Cl)N1C2CCC1CC(Oc1cccnc1)C2. The second-order valence-corrected chi connectivity index (χ2v) is 6.88. The number of nitrogens with zero attached hydrogens (tertiary/aromatic N) is 2. The van der Waals surface area contributed by atoms with E-state index in [1.165, 1.54) is 0 Å². The number of benzene rings is 1. The molecular weight excluding hydrogens is 324 g/mol. The highest BCUT2D eigenvalue weighted by atomic mass is 35.5. The monoisotopic (exact) mass is 342 g/mol. The second-order valence-electron chi connectivity index (χ2n) is 6.48. The molecule has 124 valence electrons. The fourth-order valence-corrected chi connectivity index (χ4v) is 4.15. The number of hydrogen-bond acceptors (Lipinski definition) is 3. The van der Waals surface area contributed by atoms with Crippen molar-refractivity contribution in [2.24, 2.45) is 0 Å². The molecule has 2 fully saturated rings. The molecule has 0 saturated carbocycles. The average molecular weight is 343 g/mol. The molecule has 2 aliphatic rings. The molecule has 1 amide bonds. The lowest BCUT2D eigenvalue weighted by molar-refractivity contribution is 0.0358. The van der Waals surface area contributed by atoms with Crippen molar-refractivity contribution in [3.8, 4) is 5.75 Å². The van der Waals surface area contributed by atoms with Crippen molar-refractivity contribution in [2.45, 2.75) is 43.9 Å². The van der Waals surface area contributed by atoms with Crippen LogP contribution in [0.4, 0.5) is 0 Å². The molecule has 24 heavy (non-hydrogen) atoms. The predicted molar refractivity (Wildman–Crippen MR) is 92.3 cm³/mol. The van der Waals surface area contributed by atoms with E-state index in [9.17, 15) is 4.79 Å². The third-order valence-corrected chi connectivity index (χ3v) is 5.30. The summed E-state index contributed by atoms with van der Waals surface area (Å²) in [6.45, 7) is 0. The summed E-state index contributed by atoms with van der Waals surface area (Å²) in [6, 6.07) is 11.6. The fraction of sp³-hybridized carbons (Fsp3) is 0.368. The molecule has 1 aromatic heterocycles. The fourth-order valence-electron chi connectivity index (χ4n) is 3.94. The van der Waals surface area contributed by atoms with Crippen molar-refractivity contribution in [1.82, 2.24) is 9.88 Å². The number of ether oxygens (including phenoxy) is 1. The van der Waals surface area contributed by atoms with E-state index in [0.29, 0.717) is 10.6 Å². The first-order valence-electron chi connectivity index (χ1n) is 8.36. The number of carbonyl (C=O) groups excluding carboxylic acids is 1. The molecule has 5 heteroatoms. The Morgan fingerprint density at radius 2 is 1.88 bits per heavy atom. The van der Waals surface area contributed by atoms with Crippen molar-refractivity contribution in [1.29, 1.82) is 0 Å². The van der Waals surface area contributed by atoms with Crippen LogP contribution in [0.5, 0.6) is 5.75 Å². The lowest BCUT2D eigenvalue weighted by atomic mass is 9.98. The van der Waals surface area contributed by atoms with Crippen LogP contribution in [-0.4, -0.2) is 34.0 Å². The van der Waals surface area contributed by atoms with Gasteiger partial charge in [-0.15, -0.1) is 0 Å². The maximum absolute atomic E-state index is 12.9. The third kappa shape index (κ3) is 2.86. The van der Waals surface area contributed by atoms with Crippen molar-refractivity contribution in [3.63, 3.8) is 0 Å². The first kappa shape index (κ1) is 15.5. The Morgan fingerprint density at radius 1 is 1.12 bits per heavy atom. The quantitative estimate of drug-likeness (QED) is 0.848. The number of amides is 1. The van der Waals surface area contributed by atoms with Gasteiger partial charge in [0.2, 0.25) is 0 Å². The van der Waals surface area contributed by atoms with E-state index >= 15 is 0 Å². The molecule has 0 spiro atoms. The first-order chi connectivity index (χ1) is 11.7. The first-order valence-corrected chi connectivity index (χ1v) is 8.74. The molecular formula is C19H19ClN2O2. The molecule has 2 aromatic rings. The molecule has 2 atom stereocenters. The summed E-state index contributed by atoms with van der Waals surface area (Å²) >= 11 is 6.21. The number of pyridine rings is 1. The maximum atomic E-state index is 12.9. The van der Waals surface area contributed by atoms with Gasteiger partial charge in [0.25, 0.3) is 5.91 Å². The van der Waals surface area contributed by atoms with Gasteiger partial charge in [-0.2, -0.15) is 0 Å². The Hall–Kier alpha value is -2.07. The lowest BCUT2D eigenvalue weighted by Gasteiger charge is -2.39. The van der Waals surface area contributed by atoms with E-state index in [-0.39, 0.29) is 24.1 Å². The molecule has 0 aliphatic carbocycles. The minimum atomic E-state index is 0.0490. The van der Waals surface area contributed by atoms with Crippen molar-refractivity contribution < 1.29 is 9.53 Å². The van der Waals surface area contributed by atoms with Crippen LogP contribution >= 0.6 is 11.6 Å². The van der Waals surface area contributed by atoms with Crippen molar-refractivity contribution >= 4 is 17.5 Å². The van der Waals surface area contributed by atoms with Gasteiger partial charge < -0.3 is 9.64 Å². The largest absolute Gasteiger partial charge is 0.489 e. The van der Waals surface area contributed by atoms with Gasteiger partial charge in [-0.3, -0.25) is 9.78 Å². The van der Waals surface area contributed by atoms with E-state index in [0.717, 1.165) is 31.4 Å². The van der Waals surface area contributed by atoms with Crippen molar-refractivity contribution in [3.05, 3.63) is 59.4 Å². The van der Waals surface area contributed by atoms with Crippen LogP contribution in [0.2, 0.25) is 5.02 Å². The molecule has 2 saturated heterocycles. The van der Waals surface area contributed by atoms with E-state index in [1.807, 2.05) is 35.2 Å². The van der Waals surface area contributed by atoms with Gasteiger partial charge in [0.05, 0.1) is 16.8 Å². The average Bonchev–Trinajstić information content (AvgIpc) is 2.86. The molecule has 2 unspecified atom stereocenters. The van der Waals surface area contributed by atoms with Crippen LogP contribution in [0, 0.1) is 0 Å². The van der Waals surface area contributed by atoms with Crippen LogP contribution in [0.15, 0.2) is 48.8 Å². The molecule has 4 rings (SSSR count). The molecule has 3 heterocycles. The molecule has 2 bridgehead atoms. The van der Waals surface area contributed by atoms with Gasteiger partial charge in [0.15, 0.2) is 0 Å². The van der Waals surface area contributed by atoms with Gasteiger partial charge in [-0.05, 0) is 37.1 Å². The smallest absolute Gasteiger partial charge is 0.255 e. The van der Waals surface area contributed by atoms with E-state index in [2.05, 4.69) is 4.98 Å². The Kier molecular flexibility index (Phi) is 4.15. The highest BCUT2D eigenvalue weighted by Gasteiger charge is 2.44. The van der Waals surface area contributed by atoms with Crippen LogP contribution < -0.4 is 4.74 Å². The summed E-state index contributed by atoms with van der Waals surface area (Å²) in [5.41, 5.74) is 0.600. The second kappa shape index (κ2) is 6.44. The number of carbonyl (C=O) groups is 1. The van der Waals surface area contributed by atoms with Crippen LogP contribution in [0.1, 0.15) is 36.0 Å². The van der Waals surface area contributed by atoms with E-state index in [4.69, 9.17) is 16.3 Å². The van der Waals surface area contributed by atoms with Gasteiger partial charge in [0, 0.05) is 31.1 Å². The minimum Gasteiger partial charge on any atom is -0.489 e. The van der Waals surface area contributed by atoms with E-state index < -0.39 is 0 Å². The number of rotatable bonds is 3.